The van der Waals surface area contributed by atoms with Gasteiger partial charge in [0.15, 0.2) is 5.69 Å². The summed E-state index contributed by atoms with van der Waals surface area (Å²) in [6.45, 7) is 0.713. The van der Waals surface area contributed by atoms with Gasteiger partial charge in [-0.25, -0.2) is 13.4 Å². The Bertz CT molecular complexity index is 1450. The lowest BCUT2D eigenvalue weighted by Gasteiger charge is -2.22. The summed E-state index contributed by atoms with van der Waals surface area (Å²) < 4.78 is 30.4. The second-order valence-electron chi connectivity index (χ2n) is 8.46. The number of phenols is 1. The van der Waals surface area contributed by atoms with E-state index in [0.717, 1.165) is 34.8 Å². The van der Waals surface area contributed by atoms with Crippen LogP contribution < -0.4 is 4.31 Å². The van der Waals surface area contributed by atoms with Gasteiger partial charge in [0.2, 0.25) is 0 Å². The van der Waals surface area contributed by atoms with E-state index >= 15 is 0 Å². The van der Waals surface area contributed by atoms with Gasteiger partial charge >= 0.3 is 0 Å². The van der Waals surface area contributed by atoms with E-state index in [1.807, 2.05) is 30.3 Å². The van der Waals surface area contributed by atoms with Crippen molar-refractivity contribution in [3.05, 3.63) is 96.3 Å². The largest absolute Gasteiger partial charge is 0.508 e. The molecule has 0 radical (unpaired) electrons. The Morgan fingerprint density at radius 1 is 0.857 bits per heavy atom. The number of phenolic OH excluding ortho intramolecular Hbond substituents is 1. The van der Waals surface area contributed by atoms with Gasteiger partial charge in [0.1, 0.15) is 11.6 Å². The van der Waals surface area contributed by atoms with Crippen LogP contribution in [-0.2, 0) is 23.0 Å². The van der Waals surface area contributed by atoms with Gasteiger partial charge in [-0.3, -0.25) is 4.79 Å². The highest BCUT2D eigenvalue weighted by atomic mass is 32.2. The fourth-order valence-electron chi connectivity index (χ4n) is 4.45. The predicted molar refractivity (Wildman–Crippen MR) is 134 cm³/mol. The Labute approximate surface area is 204 Å². The molecule has 0 unspecified atom stereocenters. The van der Waals surface area contributed by atoms with Gasteiger partial charge in [0, 0.05) is 12.1 Å². The summed E-state index contributed by atoms with van der Waals surface area (Å²) >= 11 is 0. The molecule has 1 aliphatic heterocycles. The predicted octanol–water partition coefficient (Wildman–Crippen LogP) is 5.02. The number of aromatic nitrogens is 2. The van der Waals surface area contributed by atoms with Crippen molar-refractivity contribution < 1.29 is 18.3 Å². The first kappa shape index (κ1) is 22.9. The highest BCUT2D eigenvalue weighted by Gasteiger charge is 2.36. The first-order chi connectivity index (χ1) is 17.0. The third kappa shape index (κ3) is 4.33. The van der Waals surface area contributed by atoms with Crippen molar-refractivity contribution >= 4 is 21.6 Å². The topological polar surface area (TPSA) is 92.5 Å². The summed E-state index contributed by atoms with van der Waals surface area (Å²) in [6.07, 6.45) is 3.51. The van der Waals surface area contributed by atoms with E-state index in [4.69, 9.17) is 4.98 Å². The summed E-state index contributed by atoms with van der Waals surface area (Å²) in [7, 11) is -4.25. The summed E-state index contributed by atoms with van der Waals surface area (Å²) in [6, 6.07) is 23.0. The maximum Gasteiger partial charge on any atom is 0.292 e. The lowest BCUT2D eigenvalue weighted by molar-refractivity contribution is 0.1000. The van der Waals surface area contributed by atoms with Gasteiger partial charge < -0.3 is 9.67 Å². The number of fused-ring (bicyclic) bond motifs is 1. The summed E-state index contributed by atoms with van der Waals surface area (Å²) in [4.78, 5) is 18.8. The molecule has 5 rings (SSSR count). The number of carbonyl (C=O) groups is 1. The number of carbonyl (C=O) groups excluding carboxylic acids is 1. The number of hydrogen-bond acceptors (Lipinski definition) is 5. The number of nitrogens with zero attached hydrogens (tertiary/aromatic N) is 3. The van der Waals surface area contributed by atoms with Crippen molar-refractivity contribution in [1.82, 2.24) is 9.55 Å². The molecule has 1 amide bonds. The van der Waals surface area contributed by atoms with Gasteiger partial charge in [-0.15, -0.1) is 0 Å². The highest BCUT2D eigenvalue weighted by molar-refractivity contribution is 7.93. The average Bonchev–Trinajstić information content (AvgIpc) is 3.07. The molecular weight excluding hydrogens is 462 g/mol. The first-order valence-corrected chi connectivity index (χ1v) is 13.0. The Kier molecular flexibility index (Phi) is 6.13. The number of sulfonamides is 1. The maximum absolute atomic E-state index is 14.1. The number of benzene rings is 3. The molecule has 8 heteroatoms. The molecule has 35 heavy (non-hydrogen) atoms. The molecule has 0 fully saturated rings. The van der Waals surface area contributed by atoms with Crippen LogP contribution in [0.1, 0.15) is 35.4 Å². The molecule has 1 aliphatic rings. The number of aromatic hydroxyl groups is 1. The average molecular weight is 488 g/mol. The molecule has 0 saturated heterocycles. The Hall–Kier alpha value is -3.91. The van der Waals surface area contributed by atoms with Crippen molar-refractivity contribution in [2.45, 2.75) is 37.1 Å². The van der Waals surface area contributed by atoms with Gasteiger partial charge in [0.05, 0.1) is 16.3 Å². The molecule has 1 aromatic heterocycles. The quantitative estimate of drug-likeness (QED) is 0.427. The van der Waals surface area contributed by atoms with Crippen LogP contribution in [0, 0.1) is 0 Å². The zero-order chi connectivity index (χ0) is 24.4. The molecule has 0 bridgehead atoms. The van der Waals surface area contributed by atoms with E-state index < -0.39 is 15.9 Å². The molecule has 7 nitrogen and oxygen atoms in total. The van der Waals surface area contributed by atoms with Crippen LogP contribution in [0.25, 0.3) is 11.4 Å². The number of imidazole rings is 1. The fourth-order valence-corrected chi connectivity index (χ4v) is 5.86. The van der Waals surface area contributed by atoms with Crippen molar-refractivity contribution in [1.29, 1.82) is 0 Å². The molecule has 0 spiro atoms. The normalized spacial score (nSPS) is 13.6. The van der Waals surface area contributed by atoms with Crippen molar-refractivity contribution in [3.63, 3.8) is 0 Å². The smallest absolute Gasteiger partial charge is 0.292 e. The number of rotatable bonds is 5. The Morgan fingerprint density at radius 2 is 1.51 bits per heavy atom. The Morgan fingerprint density at radius 3 is 2.20 bits per heavy atom. The third-order valence-corrected chi connectivity index (χ3v) is 7.88. The van der Waals surface area contributed by atoms with Gasteiger partial charge in [-0.05, 0) is 55.7 Å². The third-order valence-electron chi connectivity index (χ3n) is 6.15. The van der Waals surface area contributed by atoms with Gasteiger partial charge in [0.25, 0.3) is 15.9 Å². The van der Waals surface area contributed by atoms with Crippen LogP contribution in [0.5, 0.6) is 5.75 Å². The van der Waals surface area contributed by atoms with Crippen molar-refractivity contribution in [3.8, 4) is 17.1 Å². The SMILES string of the molecule is O=C(c1nc(-c2ccccc2)n2c1CCCCC2)N(c1ccc(O)cc1)S(=O)(=O)c1ccccc1. The van der Waals surface area contributed by atoms with E-state index in [-0.39, 0.29) is 22.0 Å². The molecule has 3 aromatic carbocycles. The molecule has 178 valence electrons. The van der Waals surface area contributed by atoms with Crippen LogP contribution >= 0.6 is 0 Å². The van der Waals surface area contributed by atoms with E-state index in [1.54, 1.807) is 18.2 Å². The van der Waals surface area contributed by atoms with E-state index in [1.165, 1.54) is 36.4 Å². The maximum atomic E-state index is 14.1. The molecule has 1 N–H and O–H groups in total. The minimum absolute atomic E-state index is 0.00462. The fraction of sp³-hybridized carbons (Fsp3) is 0.185. The van der Waals surface area contributed by atoms with E-state index in [9.17, 15) is 18.3 Å². The van der Waals surface area contributed by atoms with Crippen LogP contribution in [0.3, 0.4) is 0 Å². The van der Waals surface area contributed by atoms with Crippen LogP contribution in [0.2, 0.25) is 0 Å². The molecule has 0 saturated carbocycles. The zero-order valence-electron chi connectivity index (χ0n) is 19.0. The molecule has 2 heterocycles. The van der Waals surface area contributed by atoms with Crippen LogP contribution in [0.4, 0.5) is 5.69 Å². The molecule has 4 aromatic rings. The van der Waals surface area contributed by atoms with E-state index in [0.29, 0.717) is 18.8 Å². The van der Waals surface area contributed by atoms with Crippen LogP contribution in [-0.4, -0.2) is 29.0 Å². The molecule has 0 atom stereocenters. The molecular formula is C27H25N3O4S. The number of hydrogen-bond donors (Lipinski definition) is 1. The zero-order valence-corrected chi connectivity index (χ0v) is 19.9. The van der Waals surface area contributed by atoms with Crippen molar-refractivity contribution in [2.24, 2.45) is 0 Å². The summed E-state index contributed by atoms with van der Waals surface area (Å²) in [5, 5.41) is 9.76. The Balaban J connectivity index is 1.69. The minimum atomic E-state index is -4.25. The van der Waals surface area contributed by atoms with E-state index in [2.05, 4.69) is 4.57 Å². The first-order valence-electron chi connectivity index (χ1n) is 11.6. The number of anilines is 1. The minimum Gasteiger partial charge on any atom is -0.508 e. The van der Waals surface area contributed by atoms with Crippen molar-refractivity contribution in [2.75, 3.05) is 4.31 Å². The highest BCUT2D eigenvalue weighted by Crippen LogP contribution is 2.32. The summed E-state index contributed by atoms with van der Waals surface area (Å²) in [5.41, 5.74) is 1.89. The lowest BCUT2D eigenvalue weighted by Crippen LogP contribution is -2.37. The van der Waals surface area contributed by atoms with Crippen LogP contribution in [0.15, 0.2) is 89.8 Å². The summed E-state index contributed by atoms with van der Waals surface area (Å²) in [5.74, 6) is -0.0820. The van der Waals surface area contributed by atoms with Gasteiger partial charge in [-0.1, -0.05) is 55.0 Å². The van der Waals surface area contributed by atoms with Gasteiger partial charge in [-0.2, -0.15) is 4.31 Å². The molecule has 0 aliphatic carbocycles. The second kappa shape index (κ2) is 9.38. The number of amides is 1. The standard InChI is InChI=1S/C27H25N3O4S/c31-22-17-15-21(16-18-22)30(35(33,34)23-12-6-2-7-13-23)27(32)25-24-14-8-3-9-19-29(24)26(28-25)20-10-4-1-5-11-20/h1-2,4-7,10-13,15-18,31H,3,8-9,14,19H2. The second-order valence-corrected chi connectivity index (χ2v) is 10.2. The lowest BCUT2D eigenvalue weighted by atomic mass is 10.1. The monoisotopic (exact) mass is 487 g/mol.